The van der Waals surface area contributed by atoms with E-state index in [0.29, 0.717) is 11.7 Å². The minimum absolute atomic E-state index is 0. The van der Waals surface area contributed by atoms with Gasteiger partial charge in [0, 0.05) is 6.42 Å². The van der Waals surface area contributed by atoms with Crippen molar-refractivity contribution in [2.75, 3.05) is 0 Å². The molecule has 0 amide bonds. The number of hydrogen-bond acceptors (Lipinski definition) is 2. The highest BCUT2D eigenvalue weighted by Gasteiger charge is 2.58. The predicted molar refractivity (Wildman–Crippen MR) is 83.8 cm³/mol. The van der Waals surface area contributed by atoms with E-state index in [1.165, 1.54) is 31.3 Å². The fourth-order valence-corrected chi connectivity index (χ4v) is 6.53. The van der Waals surface area contributed by atoms with Gasteiger partial charge in [0.15, 0.2) is 5.78 Å². The van der Waals surface area contributed by atoms with Crippen LogP contribution in [0.2, 0.25) is 0 Å². The monoisotopic (exact) mass is 289 g/mol. The van der Waals surface area contributed by atoms with Gasteiger partial charge in [0.25, 0.3) is 0 Å². The summed E-state index contributed by atoms with van der Waals surface area (Å²) in [4.78, 5) is 11.8. The lowest BCUT2D eigenvalue weighted by molar-refractivity contribution is -0.118. The Morgan fingerprint density at radius 3 is 2.71 bits per heavy atom. The molecule has 0 bridgehead atoms. The zero-order chi connectivity index (χ0) is 14.8. The summed E-state index contributed by atoms with van der Waals surface area (Å²) in [5.74, 6) is 2.57. The molecule has 0 spiro atoms. The van der Waals surface area contributed by atoms with Crippen molar-refractivity contribution in [2.45, 2.75) is 71.3 Å². The fraction of sp³-hybridized carbons (Fsp3) is 0.842. The van der Waals surface area contributed by atoms with Gasteiger partial charge in [0.1, 0.15) is 0 Å². The second-order valence-electron chi connectivity index (χ2n) is 8.61. The highest BCUT2D eigenvalue weighted by Crippen LogP contribution is 2.65. The molecule has 4 rings (SSSR count). The Labute approximate surface area is 129 Å². The summed E-state index contributed by atoms with van der Waals surface area (Å²) in [6.45, 7) is 4.76. The van der Waals surface area contributed by atoms with E-state index in [2.05, 4.69) is 13.8 Å². The Hall–Kier alpha value is -0.630. The molecule has 6 atom stereocenters. The molecule has 0 saturated heterocycles. The molecule has 4 aliphatic carbocycles. The molecule has 4 aliphatic rings. The molecule has 0 unspecified atom stereocenters. The Morgan fingerprint density at radius 1 is 1.10 bits per heavy atom. The van der Waals surface area contributed by atoms with Crippen molar-refractivity contribution >= 4 is 5.78 Å². The molecule has 0 aliphatic heterocycles. The van der Waals surface area contributed by atoms with Crippen LogP contribution in [0.4, 0.5) is 0 Å². The maximum atomic E-state index is 11.8. The number of hydrogen-bond donors (Lipinski definition) is 1. The molecule has 116 valence electrons. The summed E-state index contributed by atoms with van der Waals surface area (Å²) in [7, 11) is 0. The number of aliphatic hydroxyl groups excluding tert-OH is 1. The highest BCUT2D eigenvalue weighted by atomic mass is 16.3. The number of fused-ring (bicyclic) bond motifs is 5. The molecule has 21 heavy (non-hydrogen) atoms. The zero-order valence-electron chi connectivity index (χ0n) is 14.4. The van der Waals surface area contributed by atoms with E-state index in [1.807, 2.05) is 6.08 Å². The van der Waals surface area contributed by atoms with Crippen molar-refractivity contribution in [3.05, 3.63) is 11.6 Å². The van der Waals surface area contributed by atoms with Gasteiger partial charge in [-0.2, -0.15) is 0 Å². The van der Waals surface area contributed by atoms with Crippen LogP contribution in [0, 0.1) is 28.6 Å². The summed E-state index contributed by atoms with van der Waals surface area (Å²) >= 11 is 0. The van der Waals surface area contributed by atoms with Crippen LogP contribution in [0.3, 0.4) is 0 Å². The van der Waals surface area contributed by atoms with Crippen LogP contribution in [-0.2, 0) is 4.79 Å². The van der Waals surface area contributed by atoms with E-state index in [1.54, 1.807) is 0 Å². The highest BCUT2D eigenvalue weighted by molar-refractivity contribution is 5.91. The topological polar surface area (TPSA) is 37.3 Å². The number of rotatable bonds is 0. The Bertz CT molecular complexity index is 514. The van der Waals surface area contributed by atoms with Gasteiger partial charge in [0.05, 0.1) is 6.10 Å². The summed E-state index contributed by atoms with van der Waals surface area (Å²) in [5, 5.41) is 10.4. The number of allylic oxidation sites excluding steroid dienone is 1. The van der Waals surface area contributed by atoms with Crippen molar-refractivity contribution in [1.82, 2.24) is 0 Å². The van der Waals surface area contributed by atoms with Crippen LogP contribution in [0.25, 0.3) is 0 Å². The molecule has 0 aromatic rings. The van der Waals surface area contributed by atoms with Crippen LogP contribution < -0.4 is 0 Å². The lowest BCUT2D eigenvalue weighted by atomic mass is 9.47. The summed E-state index contributed by atoms with van der Waals surface area (Å²) in [6.07, 6.45) is 10.7. The minimum atomic E-state index is -0.0823. The average Bonchev–Trinajstić information content (AvgIpc) is 2.76. The molecule has 0 radical (unpaired) electrons. The largest absolute Gasteiger partial charge is 1.00 e. The van der Waals surface area contributed by atoms with Crippen LogP contribution in [-0.4, -0.2) is 17.0 Å². The van der Waals surface area contributed by atoms with Crippen molar-refractivity contribution in [1.29, 1.82) is 0 Å². The lowest BCUT2D eigenvalue weighted by Gasteiger charge is -2.57. The second-order valence-corrected chi connectivity index (χ2v) is 8.61. The number of aliphatic hydroxyl groups is 1. The van der Waals surface area contributed by atoms with E-state index in [9.17, 15) is 9.90 Å². The fourth-order valence-electron chi connectivity index (χ4n) is 6.53. The molecule has 1 N–H and O–H groups in total. The van der Waals surface area contributed by atoms with E-state index >= 15 is 0 Å². The van der Waals surface area contributed by atoms with Crippen LogP contribution in [0.1, 0.15) is 66.6 Å². The summed E-state index contributed by atoms with van der Waals surface area (Å²) in [6, 6.07) is 0. The van der Waals surface area contributed by atoms with Gasteiger partial charge in [-0.05, 0) is 79.6 Å². The number of carbonyl (C=O) groups excluding carboxylic acids is 1. The Kier molecular flexibility index (Phi) is 2.96. The molecular weight excluding hydrogens is 260 g/mol. The van der Waals surface area contributed by atoms with Crippen molar-refractivity contribution < 1.29 is 11.3 Å². The molecule has 0 aromatic carbocycles. The van der Waals surface area contributed by atoms with E-state index in [-0.39, 0.29) is 18.4 Å². The minimum Gasteiger partial charge on any atom is -0.393 e. The number of carbonyl (C=O) groups is 1. The van der Waals surface area contributed by atoms with Crippen molar-refractivity contribution in [3.8, 4) is 0 Å². The smallest absolute Gasteiger partial charge is 0.393 e. The molecule has 0 heterocycles. The van der Waals surface area contributed by atoms with Crippen molar-refractivity contribution in [2.24, 2.45) is 28.6 Å². The third-order valence-electron chi connectivity index (χ3n) is 7.91. The van der Waals surface area contributed by atoms with Crippen LogP contribution in [0.5, 0.6) is 0 Å². The quantitative estimate of drug-likeness (QED) is 0.732. The summed E-state index contributed by atoms with van der Waals surface area (Å²) in [5.41, 5.74) is 1.89. The standard InChI is InChI=1S/C19H28O2/c1-18-9-7-13(20)11-12(18)3-4-14-15-5-6-17(21)19(15,2)10-8-16(14)18/h11,14-17,21H,3-10H2,1-2H3/p+1/t14-,15-,16-,17-,18-,19-/m0/s1. The first-order valence-corrected chi connectivity index (χ1v) is 8.87. The van der Waals surface area contributed by atoms with E-state index in [4.69, 9.17) is 0 Å². The van der Waals surface area contributed by atoms with Gasteiger partial charge in [-0.15, -0.1) is 0 Å². The number of ketones is 1. The van der Waals surface area contributed by atoms with Crippen molar-refractivity contribution in [3.63, 3.8) is 0 Å². The third kappa shape index (κ3) is 1.78. The van der Waals surface area contributed by atoms with E-state index in [0.717, 1.165) is 37.5 Å². The van der Waals surface area contributed by atoms with Crippen LogP contribution in [0.15, 0.2) is 11.6 Å². The van der Waals surface area contributed by atoms with Gasteiger partial charge >= 0.3 is 1.43 Å². The first kappa shape index (κ1) is 14.0. The molecule has 2 heteroatoms. The molecule has 2 nitrogen and oxygen atoms in total. The lowest BCUT2D eigenvalue weighted by Crippen LogP contribution is -2.51. The average molecular weight is 289 g/mol. The predicted octanol–water partition coefficient (Wildman–Crippen LogP) is 3.99. The maximum Gasteiger partial charge on any atom is 1.00 e. The van der Waals surface area contributed by atoms with Gasteiger partial charge in [0.2, 0.25) is 0 Å². The molecule has 3 fully saturated rings. The SMILES string of the molecule is C[C@]12CC[C@H]3[C@@H](CCC4=CC(=O)CC[C@@]43C)[C@@H]1CC[C@@H]2O.[H+]. The summed E-state index contributed by atoms with van der Waals surface area (Å²) < 4.78 is 0. The van der Waals surface area contributed by atoms with Gasteiger partial charge in [-0.1, -0.05) is 19.4 Å². The molecule has 0 aromatic heterocycles. The van der Waals surface area contributed by atoms with E-state index < -0.39 is 0 Å². The maximum absolute atomic E-state index is 11.8. The van der Waals surface area contributed by atoms with Gasteiger partial charge in [-0.25, -0.2) is 0 Å². The normalized spacial score (nSPS) is 52.7. The first-order valence-electron chi connectivity index (χ1n) is 8.87. The molecule has 3 saturated carbocycles. The zero-order valence-corrected chi connectivity index (χ0v) is 13.4. The second kappa shape index (κ2) is 4.44. The Balaban J connectivity index is 0.00000144. The Morgan fingerprint density at radius 2 is 1.90 bits per heavy atom. The van der Waals surface area contributed by atoms with Gasteiger partial charge in [-0.3, -0.25) is 4.79 Å². The third-order valence-corrected chi connectivity index (χ3v) is 7.91. The first-order chi connectivity index (χ1) is 9.95. The molecular formula is C19H29O2+. The van der Waals surface area contributed by atoms with Crippen LogP contribution >= 0.6 is 0 Å². The van der Waals surface area contributed by atoms with Gasteiger partial charge < -0.3 is 5.11 Å².